The summed E-state index contributed by atoms with van der Waals surface area (Å²) >= 11 is 0. The van der Waals surface area contributed by atoms with Crippen LogP contribution in [0.3, 0.4) is 0 Å². The van der Waals surface area contributed by atoms with Gasteiger partial charge in [-0.3, -0.25) is 9.59 Å². The molecule has 6 rings (SSSR count). The molecule has 0 bridgehead atoms. The Hall–Kier alpha value is -5.78. The van der Waals surface area contributed by atoms with E-state index < -0.39 is 5.97 Å². The van der Waals surface area contributed by atoms with Crippen LogP contribution < -0.4 is 26.5 Å². The largest absolute Gasteiger partial charge is 0.481 e. The highest BCUT2D eigenvalue weighted by molar-refractivity contribution is 6.07. The van der Waals surface area contributed by atoms with Gasteiger partial charge in [-0.25, -0.2) is 19.9 Å². The summed E-state index contributed by atoms with van der Waals surface area (Å²) in [5, 5.41) is 13.3. The molecular formula is C67H112N12O5. The van der Waals surface area contributed by atoms with Gasteiger partial charge in [-0.05, 0) is 124 Å². The van der Waals surface area contributed by atoms with Crippen LogP contribution in [0.15, 0.2) is 48.5 Å². The molecule has 6 aromatic rings. The lowest BCUT2D eigenvalue weighted by Gasteiger charge is -2.24. The maximum atomic E-state index is 13.3. The molecule has 2 aromatic carbocycles. The Morgan fingerprint density at radius 3 is 1.36 bits per heavy atom. The Kier molecular flexibility index (Phi) is 35.4. The van der Waals surface area contributed by atoms with E-state index in [9.17, 15) is 9.59 Å². The minimum Gasteiger partial charge on any atom is -0.481 e. The van der Waals surface area contributed by atoms with Crippen LogP contribution >= 0.6 is 0 Å². The van der Waals surface area contributed by atoms with Gasteiger partial charge in [0.1, 0.15) is 46.9 Å². The molecule has 0 fully saturated rings. The molecule has 470 valence electrons. The minimum absolute atomic E-state index is 0.222. The molecule has 1 amide bonds. The summed E-state index contributed by atoms with van der Waals surface area (Å²) in [5.74, 6) is 2.29. The molecule has 0 radical (unpaired) electrons. The van der Waals surface area contributed by atoms with Gasteiger partial charge in [0.05, 0.1) is 11.0 Å². The number of nitrogens with one attached hydrogen (secondary N) is 1. The van der Waals surface area contributed by atoms with E-state index >= 15 is 0 Å². The molecule has 0 aliphatic rings. The maximum absolute atomic E-state index is 13.3. The van der Waals surface area contributed by atoms with E-state index in [0.717, 1.165) is 173 Å². The van der Waals surface area contributed by atoms with Crippen molar-refractivity contribution in [2.24, 2.45) is 0 Å². The average Bonchev–Trinajstić information content (AvgIpc) is 2.43. The normalized spacial score (nSPS) is 11.5. The van der Waals surface area contributed by atoms with E-state index in [-0.39, 0.29) is 6.42 Å². The molecule has 0 aliphatic carbocycles. The number of rotatable bonds is 43. The molecule has 0 atom stereocenters. The predicted molar refractivity (Wildman–Crippen MR) is 351 cm³/mol. The highest BCUT2D eigenvalue weighted by atomic mass is 16.7. The fraction of sp³-hybridized carbons (Fsp3) is 0.672. The first-order valence-electron chi connectivity index (χ1n) is 32.7. The van der Waals surface area contributed by atoms with Crippen molar-refractivity contribution in [3.8, 4) is 0 Å². The van der Waals surface area contributed by atoms with E-state index in [1.807, 2.05) is 45.9 Å². The average molecular weight is 1170 g/mol. The van der Waals surface area contributed by atoms with E-state index in [1.54, 1.807) is 6.92 Å². The Balaban J connectivity index is 0.000000365. The molecule has 84 heavy (non-hydrogen) atoms. The molecule has 0 spiro atoms. The summed E-state index contributed by atoms with van der Waals surface area (Å²) in [4.78, 5) is 60.6. The topological polar surface area (TPSA) is 208 Å². The summed E-state index contributed by atoms with van der Waals surface area (Å²) in [6.07, 6.45) is 33.0. The quantitative estimate of drug-likeness (QED) is 0.0263. The third kappa shape index (κ3) is 25.8. The number of carbonyl (C=O) groups excluding carboxylic acids is 1. The van der Waals surface area contributed by atoms with Crippen LogP contribution in [-0.2, 0) is 22.4 Å². The Morgan fingerprint density at radius 1 is 0.500 bits per heavy atom. The smallest absolute Gasteiger partial charge is 0.303 e. The number of para-hydroxylation sites is 2. The number of hydrogen-bond acceptors (Lipinski definition) is 13. The van der Waals surface area contributed by atoms with Gasteiger partial charge in [0.2, 0.25) is 5.91 Å². The lowest BCUT2D eigenvalue weighted by molar-refractivity contribution is -0.136. The van der Waals surface area contributed by atoms with Crippen molar-refractivity contribution in [1.82, 2.24) is 49.4 Å². The first kappa shape index (κ1) is 70.7. The molecule has 4 heterocycles. The number of nitrogens with zero attached hydrogens (tertiary/aromatic N) is 9. The SMILES string of the molecule is CCC(=O)O.CCCCCCCCCCCCCCCCCC(=O)N(CCCCOn1c(CCCC)nc2c(N)nc3ccccc3c21)CCCN(C)C.CCCCc1nc2c(N)nc3ccccc3c2n1OCCCCNCCCN(C)C. The number of anilines is 2. The number of unbranched alkanes of at least 4 members (excludes halogenated alkanes) is 18. The zero-order valence-electron chi connectivity index (χ0n) is 53.5. The number of carboxylic acids is 1. The number of fused-ring (bicyclic) bond motifs is 6. The lowest BCUT2D eigenvalue weighted by atomic mass is 10.0. The summed E-state index contributed by atoms with van der Waals surface area (Å²) in [7, 11) is 8.42. The van der Waals surface area contributed by atoms with Crippen LogP contribution in [0.4, 0.5) is 11.6 Å². The number of benzene rings is 2. The van der Waals surface area contributed by atoms with Gasteiger partial charge in [0.15, 0.2) is 11.6 Å². The Labute approximate surface area is 505 Å². The third-order valence-corrected chi connectivity index (χ3v) is 15.3. The van der Waals surface area contributed by atoms with Crippen molar-refractivity contribution in [2.45, 2.75) is 214 Å². The first-order chi connectivity index (χ1) is 40.8. The van der Waals surface area contributed by atoms with E-state index in [0.29, 0.717) is 42.7 Å². The molecule has 0 aliphatic heterocycles. The number of nitrogen functional groups attached to an aromatic ring is 2. The number of carboxylic acid groups (broad SMARTS) is 1. The van der Waals surface area contributed by atoms with Crippen LogP contribution in [0.2, 0.25) is 0 Å². The number of aromatic nitrogens is 6. The summed E-state index contributed by atoms with van der Waals surface area (Å²) in [5.41, 5.74) is 17.6. The van der Waals surface area contributed by atoms with Crippen molar-refractivity contribution in [2.75, 3.05) is 92.1 Å². The lowest BCUT2D eigenvalue weighted by Crippen LogP contribution is -2.34. The van der Waals surface area contributed by atoms with Crippen LogP contribution in [0.25, 0.3) is 43.9 Å². The summed E-state index contributed by atoms with van der Waals surface area (Å²) < 4.78 is 3.82. The molecule has 0 unspecified atom stereocenters. The molecule has 17 heteroatoms. The molecular weight excluding hydrogens is 1050 g/mol. The van der Waals surface area contributed by atoms with Gasteiger partial charge in [0.25, 0.3) is 0 Å². The fourth-order valence-electron chi connectivity index (χ4n) is 10.4. The van der Waals surface area contributed by atoms with E-state index in [4.69, 9.17) is 36.2 Å². The third-order valence-electron chi connectivity index (χ3n) is 15.3. The van der Waals surface area contributed by atoms with Gasteiger partial charge in [-0.15, -0.1) is 0 Å². The van der Waals surface area contributed by atoms with Gasteiger partial charge >= 0.3 is 5.97 Å². The number of carbonyl (C=O) groups is 2. The molecule has 0 saturated heterocycles. The molecule has 0 saturated carbocycles. The number of hydrogen-bond donors (Lipinski definition) is 4. The number of nitrogens with two attached hydrogens (primary N) is 2. The van der Waals surface area contributed by atoms with E-state index in [1.165, 1.54) is 89.9 Å². The number of aryl methyl sites for hydroxylation is 2. The second-order valence-electron chi connectivity index (χ2n) is 23.2. The van der Waals surface area contributed by atoms with Crippen molar-refractivity contribution in [1.29, 1.82) is 0 Å². The van der Waals surface area contributed by atoms with Gasteiger partial charge in [0, 0.05) is 49.5 Å². The maximum Gasteiger partial charge on any atom is 0.303 e. The highest BCUT2D eigenvalue weighted by Crippen LogP contribution is 2.30. The van der Waals surface area contributed by atoms with Crippen molar-refractivity contribution < 1.29 is 24.4 Å². The van der Waals surface area contributed by atoms with E-state index in [2.05, 4.69) is 91.1 Å². The first-order valence-corrected chi connectivity index (χ1v) is 32.7. The number of imidazole rings is 2. The summed E-state index contributed by atoms with van der Waals surface area (Å²) in [6, 6.07) is 16.1. The van der Waals surface area contributed by atoms with Gasteiger partial charge in [-0.2, -0.15) is 9.46 Å². The Morgan fingerprint density at radius 2 is 0.905 bits per heavy atom. The fourth-order valence-corrected chi connectivity index (χ4v) is 10.4. The molecule has 4 aromatic heterocycles. The van der Waals surface area contributed by atoms with Crippen molar-refractivity contribution in [3.05, 3.63) is 60.2 Å². The van der Waals surface area contributed by atoms with Crippen molar-refractivity contribution in [3.63, 3.8) is 0 Å². The number of amides is 1. The number of aliphatic carboxylic acids is 1. The van der Waals surface area contributed by atoms with Gasteiger partial charge in [-0.1, -0.05) is 167 Å². The summed E-state index contributed by atoms with van der Waals surface area (Å²) in [6.45, 7) is 15.3. The number of pyridine rings is 2. The van der Waals surface area contributed by atoms with Crippen LogP contribution in [-0.4, -0.2) is 142 Å². The van der Waals surface area contributed by atoms with Crippen LogP contribution in [0.1, 0.15) is 213 Å². The molecule has 17 nitrogen and oxygen atoms in total. The zero-order valence-corrected chi connectivity index (χ0v) is 53.5. The Bertz CT molecular complexity index is 2740. The van der Waals surface area contributed by atoms with Gasteiger partial charge < -0.3 is 46.3 Å². The second kappa shape index (κ2) is 42.1. The zero-order chi connectivity index (χ0) is 60.7. The minimum atomic E-state index is -0.745. The second-order valence-corrected chi connectivity index (χ2v) is 23.2. The molecule has 6 N–H and O–H groups in total. The highest BCUT2D eigenvalue weighted by Gasteiger charge is 2.21. The van der Waals surface area contributed by atoms with Crippen molar-refractivity contribution >= 4 is 67.4 Å². The predicted octanol–water partition coefficient (Wildman–Crippen LogP) is 13.5. The standard InChI is InChI=1S/C41H70N6O2.C23H36N6O.C3H6O2/c1-5-7-9-10-11-12-13-14-15-16-17-18-19-20-21-30-38(48)46(33-26-31-45(3)4)32-24-25-34-49-47-37(29-8-6-2)44-39-40(47)35-27-22-23-28-36(35)43-41(39)42;1-4-5-13-20-27-21-22(18-11-6-7-12-19(18)26-23(21)24)29(20)30-17-9-8-14-25-15-10-16-28(2)3;1-2-3(4)5/h22-23,27-28H,5-21,24-26,29-34H2,1-4H3,(H2,42,43);6-7,11-12,25H,4-5,8-10,13-17H2,1-3H3,(H2,24,26);2H2,1H3,(H,4,5). The monoisotopic (exact) mass is 1160 g/mol. The van der Waals surface area contributed by atoms with Crippen LogP contribution in [0, 0.1) is 0 Å². The van der Waals surface area contributed by atoms with Crippen LogP contribution in [0.5, 0.6) is 0 Å².